The molecule has 3 nitrogen and oxygen atoms in total. The van der Waals surface area contributed by atoms with Crippen molar-refractivity contribution in [3.05, 3.63) is 0 Å². The second-order valence-corrected chi connectivity index (χ2v) is 3.97. The molecule has 15 heavy (non-hydrogen) atoms. The highest BCUT2D eigenvalue weighted by Gasteiger charge is 1.89. The summed E-state index contributed by atoms with van der Waals surface area (Å²) in [5.74, 6) is 0. The molecule has 0 aromatic rings. The molecule has 0 radical (unpaired) electrons. The van der Waals surface area contributed by atoms with E-state index in [9.17, 15) is 0 Å². The molecule has 0 aromatic carbocycles. The van der Waals surface area contributed by atoms with Crippen LogP contribution in [-0.4, -0.2) is 47.1 Å². The Labute approximate surface area is 97.5 Å². The van der Waals surface area contributed by atoms with Crippen molar-refractivity contribution in [1.29, 1.82) is 0 Å². The van der Waals surface area contributed by atoms with Gasteiger partial charge in [0, 0.05) is 19.6 Å². The van der Waals surface area contributed by atoms with E-state index in [1.165, 1.54) is 0 Å². The van der Waals surface area contributed by atoms with Crippen molar-refractivity contribution in [1.82, 2.24) is 0 Å². The molecule has 0 unspecified atom stereocenters. The zero-order chi connectivity index (χ0) is 11.9. The third-order valence-electron chi connectivity index (χ3n) is 1.83. The number of hydrogen-bond acceptors (Lipinski definition) is 2. The molecule has 4 heteroatoms. The largest absolute Gasteiger partial charge is 0.399 e. The van der Waals surface area contributed by atoms with Crippen molar-refractivity contribution >= 4 is 16.2 Å². The molecule has 0 spiro atoms. The van der Waals surface area contributed by atoms with Crippen molar-refractivity contribution in [2.45, 2.75) is 41.0 Å². The average Bonchev–Trinajstić information content (AvgIpc) is 2.27. The zero-order valence-corrected chi connectivity index (χ0v) is 12.5. The van der Waals surface area contributed by atoms with E-state index < -0.39 is 10.0 Å². The molecule has 0 atom stereocenters. The Morgan fingerprint density at radius 1 is 0.933 bits per heavy atom. The van der Waals surface area contributed by atoms with E-state index in [1.807, 2.05) is 13.8 Å². The van der Waals surface area contributed by atoms with Gasteiger partial charge in [-0.05, 0) is 27.7 Å². The summed E-state index contributed by atoms with van der Waals surface area (Å²) in [5, 5.41) is 0. The summed E-state index contributed by atoms with van der Waals surface area (Å²) in [4.78, 5) is 0. The molecule has 0 saturated heterocycles. The summed E-state index contributed by atoms with van der Waals surface area (Å²) in [6, 6.07) is 0. The highest BCUT2D eigenvalue weighted by Crippen LogP contribution is 1.73. The van der Waals surface area contributed by atoms with E-state index in [4.69, 9.17) is 8.85 Å². The molecule has 0 aliphatic carbocycles. The number of hydrogen-bond donors (Lipinski definition) is 0. The lowest BCUT2D eigenvalue weighted by atomic mass is 10.5. The standard InChI is InChI=1S/C7H16N.C4H12O2Si/c1-4-7-8(5-2)6-3;1-3-5-7-6-4-2/h7H,4-6H2,1-3H3;3-4,7H2,1-2H3/q+1;. The molecule has 0 rings (SSSR count). The van der Waals surface area contributed by atoms with Crippen molar-refractivity contribution in [2.75, 3.05) is 26.3 Å². The molecular formula is C11H28NO2Si+. The smallest absolute Gasteiger partial charge is 0.304 e. The van der Waals surface area contributed by atoms with E-state index in [1.54, 1.807) is 0 Å². The van der Waals surface area contributed by atoms with Gasteiger partial charge in [-0.1, -0.05) is 6.92 Å². The third kappa shape index (κ3) is 16.5. The van der Waals surface area contributed by atoms with Crippen LogP contribution in [0.4, 0.5) is 0 Å². The van der Waals surface area contributed by atoms with Gasteiger partial charge in [-0.15, -0.1) is 0 Å². The van der Waals surface area contributed by atoms with Crippen molar-refractivity contribution in [3.63, 3.8) is 0 Å². The Balaban J connectivity index is 0. The van der Waals surface area contributed by atoms with Crippen LogP contribution in [0.25, 0.3) is 0 Å². The summed E-state index contributed by atoms with van der Waals surface area (Å²) in [6.45, 7) is 14.4. The predicted octanol–water partition coefficient (Wildman–Crippen LogP) is 1.58. The third-order valence-corrected chi connectivity index (χ3v) is 2.98. The van der Waals surface area contributed by atoms with Crippen molar-refractivity contribution < 1.29 is 13.4 Å². The van der Waals surface area contributed by atoms with Crippen LogP contribution in [0.15, 0.2) is 0 Å². The van der Waals surface area contributed by atoms with Crippen molar-refractivity contribution in [2.24, 2.45) is 0 Å². The minimum absolute atomic E-state index is 0.589. The first-order valence-corrected chi connectivity index (χ1v) is 7.14. The lowest BCUT2D eigenvalue weighted by Gasteiger charge is -1.96. The van der Waals surface area contributed by atoms with Crippen LogP contribution in [0.3, 0.4) is 0 Å². The highest BCUT2D eigenvalue weighted by atomic mass is 28.3. The van der Waals surface area contributed by atoms with Gasteiger partial charge in [0.15, 0.2) is 0 Å². The monoisotopic (exact) mass is 234 g/mol. The first kappa shape index (κ1) is 17.2. The molecule has 0 bridgehead atoms. The van der Waals surface area contributed by atoms with Gasteiger partial charge in [0.1, 0.15) is 19.3 Å². The maximum atomic E-state index is 4.99. The maximum absolute atomic E-state index is 4.99. The second kappa shape index (κ2) is 16.2. The minimum atomic E-state index is -0.589. The summed E-state index contributed by atoms with van der Waals surface area (Å²) in [7, 11) is -0.589. The minimum Gasteiger partial charge on any atom is -0.399 e. The van der Waals surface area contributed by atoms with Gasteiger partial charge in [0.25, 0.3) is 0 Å². The van der Waals surface area contributed by atoms with Crippen LogP contribution in [0.5, 0.6) is 0 Å². The number of rotatable bonds is 7. The Bertz CT molecular complexity index is 131. The maximum Gasteiger partial charge on any atom is 0.304 e. The van der Waals surface area contributed by atoms with E-state index in [0.717, 1.165) is 32.7 Å². The summed E-state index contributed by atoms with van der Waals surface area (Å²) in [6.07, 6.45) is 3.39. The fourth-order valence-corrected chi connectivity index (χ4v) is 1.42. The van der Waals surface area contributed by atoms with Crippen LogP contribution in [0, 0.1) is 0 Å². The van der Waals surface area contributed by atoms with E-state index in [-0.39, 0.29) is 0 Å². The van der Waals surface area contributed by atoms with E-state index in [0.29, 0.717) is 0 Å². The highest BCUT2D eigenvalue weighted by molar-refractivity contribution is 6.17. The van der Waals surface area contributed by atoms with Crippen LogP contribution < -0.4 is 0 Å². The molecule has 0 saturated carbocycles. The average molecular weight is 234 g/mol. The van der Waals surface area contributed by atoms with Gasteiger partial charge in [-0.25, -0.2) is 4.58 Å². The van der Waals surface area contributed by atoms with Gasteiger partial charge in [0.2, 0.25) is 0 Å². The van der Waals surface area contributed by atoms with Gasteiger partial charge in [-0.2, -0.15) is 0 Å². The van der Waals surface area contributed by atoms with Crippen LogP contribution in [0.1, 0.15) is 41.0 Å². The molecule has 0 N–H and O–H groups in total. The SMILES string of the molecule is CCC=[N+](CC)CC.CCO[SiH2]OCC. The van der Waals surface area contributed by atoms with Gasteiger partial charge in [0.05, 0.1) is 0 Å². The Morgan fingerprint density at radius 2 is 1.40 bits per heavy atom. The fourth-order valence-electron chi connectivity index (χ4n) is 0.966. The summed E-state index contributed by atoms with van der Waals surface area (Å²) in [5.41, 5.74) is 0. The van der Waals surface area contributed by atoms with Gasteiger partial charge >= 0.3 is 10.0 Å². The number of nitrogens with zero attached hydrogens (tertiary/aromatic N) is 1. The lowest BCUT2D eigenvalue weighted by Crippen LogP contribution is -2.10. The first-order valence-electron chi connectivity index (χ1n) is 5.99. The molecule has 0 aromatic heterocycles. The van der Waals surface area contributed by atoms with Crippen LogP contribution in [-0.2, 0) is 8.85 Å². The summed E-state index contributed by atoms with van der Waals surface area (Å²) < 4.78 is 12.3. The fraction of sp³-hybridized carbons (Fsp3) is 0.909. The lowest BCUT2D eigenvalue weighted by molar-refractivity contribution is -0.517. The first-order chi connectivity index (χ1) is 7.26. The molecule has 0 heterocycles. The zero-order valence-electron chi connectivity index (χ0n) is 11.1. The Morgan fingerprint density at radius 3 is 1.60 bits per heavy atom. The summed E-state index contributed by atoms with van der Waals surface area (Å²) >= 11 is 0. The normalized spacial score (nSPS) is 9.13. The van der Waals surface area contributed by atoms with Crippen molar-refractivity contribution in [3.8, 4) is 0 Å². The molecule has 0 aliphatic heterocycles. The van der Waals surface area contributed by atoms with E-state index >= 15 is 0 Å². The van der Waals surface area contributed by atoms with E-state index in [2.05, 4.69) is 31.6 Å². The molecule has 92 valence electrons. The second-order valence-electron chi connectivity index (χ2n) is 2.92. The quantitative estimate of drug-likeness (QED) is 0.289. The Hall–Kier alpha value is -0.193. The molecule has 0 amide bonds. The van der Waals surface area contributed by atoms with Crippen LogP contribution >= 0.6 is 0 Å². The van der Waals surface area contributed by atoms with Gasteiger partial charge in [-0.3, -0.25) is 0 Å². The molecule has 0 fully saturated rings. The molecule has 0 aliphatic rings. The van der Waals surface area contributed by atoms with Crippen LogP contribution in [0.2, 0.25) is 0 Å². The molecular weight excluding hydrogens is 206 g/mol. The Kier molecular flexibility index (Phi) is 18.6. The predicted molar refractivity (Wildman–Crippen MR) is 69.5 cm³/mol. The topological polar surface area (TPSA) is 21.5 Å². The van der Waals surface area contributed by atoms with Gasteiger partial charge < -0.3 is 8.85 Å².